The molecule has 184 valence electrons. The van der Waals surface area contributed by atoms with Crippen molar-refractivity contribution in [3.63, 3.8) is 0 Å². The molecule has 0 amide bonds. The molecule has 0 radical (unpaired) electrons. The van der Waals surface area contributed by atoms with Crippen LogP contribution in [0.1, 0.15) is 55.5 Å². The van der Waals surface area contributed by atoms with Gasteiger partial charge < -0.3 is 15.2 Å². The molecule has 3 saturated carbocycles. The van der Waals surface area contributed by atoms with Gasteiger partial charge in [-0.3, -0.25) is 9.29 Å². The highest BCUT2D eigenvalue weighted by atomic mass is 19.1. The third kappa shape index (κ3) is 3.52. The fourth-order valence-electron chi connectivity index (χ4n) is 7.53. The normalized spacial score (nSPS) is 32.3. The quantitative estimate of drug-likeness (QED) is 0.498. The first-order valence-electron chi connectivity index (χ1n) is 13.5. The summed E-state index contributed by atoms with van der Waals surface area (Å²) in [7, 11) is 0. The van der Waals surface area contributed by atoms with Crippen LogP contribution in [0.5, 0.6) is 0 Å². The van der Waals surface area contributed by atoms with E-state index in [1.807, 2.05) is 0 Å². The molecular weight excluding hydrogens is 437 g/mol. The van der Waals surface area contributed by atoms with Gasteiger partial charge in [-0.15, -0.1) is 0 Å². The summed E-state index contributed by atoms with van der Waals surface area (Å²) in [5.41, 5.74) is 5.77. The zero-order chi connectivity index (χ0) is 23.6. The van der Waals surface area contributed by atoms with Crippen molar-refractivity contribution >= 4 is 16.7 Å². The molecule has 2 N–H and O–H groups in total. The van der Waals surface area contributed by atoms with Crippen LogP contribution in [-0.2, 0) is 6.42 Å². The van der Waals surface area contributed by atoms with Gasteiger partial charge in [0.15, 0.2) is 0 Å². The van der Waals surface area contributed by atoms with Gasteiger partial charge in [0.1, 0.15) is 5.82 Å². The minimum Gasteiger partial charge on any atom is -0.369 e. The number of para-hydroxylation sites is 1. The molecule has 3 aliphatic carbocycles. The molecule has 4 heterocycles. The number of likely N-dealkylation sites (tertiary alicyclic amines) is 1. The van der Waals surface area contributed by atoms with Crippen LogP contribution in [0, 0.1) is 11.8 Å². The van der Waals surface area contributed by atoms with Crippen molar-refractivity contribution < 1.29 is 4.39 Å². The Kier molecular flexibility index (Phi) is 5.18. The molecule has 4 fully saturated rings. The number of H-pyrrole nitrogens is 1. The number of pyridine rings is 1. The number of hydrogen-bond acceptors (Lipinski definition) is 4. The smallest absolute Gasteiger partial charge is 0.125 e. The van der Waals surface area contributed by atoms with Gasteiger partial charge >= 0.3 is 0 Å². The molecule has 5 nitrogen and oxygen atoms in total. The van der Waals surface area contributed by atoms with Crippen molar-refractivity contribution in [1.82, 2.24) is 19.8 Å². The third-order valence-corrected chi connectivity index (χ3v) is 9.35. The summed E-state index contributed by atoms with van der Waals surface area (Å²) >= 11 is 0. The molecule has 35 heavy (non-hydrogen) atoms. The summed E-state index contributed by atoms with van der Waals surface area (Å²) in [6.07, 6.45) is 8.25. The fourth-order valence-corrected chi connectivity index (χ4v) is 7.53. The van der Waals surface area contributed by atoms with Crippen molar-refractivity contribution in [2.45, 2.75) is 56.7 Å². The summed E-state index contributed by atoms with van der Waals surface area (Å²) in [6, 6.07) is 13.9. The van der Waals surface area contributed by atoms with Crippen LogP contribution >= 0.6 is 0 Å². The van der Waals surface area contributed by atoms with Gasteiger partial charge in [0, 0.05) is 59.9 Å². The predicted octanol–water partition coefficient (Wildman–Crippen LogP) is 5.15. The van der Waals surface area contributed by atoms with Crippen LogP contribution in [0.2, 0.25) is 0 Å². The van der Waals surface area contributed by atoms with Gasteiger partial charge in [0.25, 0.3) is 0 Å². The Morgan fingerprint density at radius 3 is 2.74 bits per heavy atom. The molecule has 1 saturated heterocycles. The predicted molar refractivity (Wildman–Crippen MR) is 138 cm³/mol. The van der Waals surface area contributed by atoms with Crippen molar-refractivity contribution in [3.8, 4) is 0 Å². The molecule has 1 aromatic carbocycles. The lowest BCUT2D eigenvalue weighted by atomic mass is 9.48. The van der Waals surface area contributed by atoms with Gasteiger partial charge in [0.2, 0.25) is 0 Å². The number of halogens is 1. The van der Waals surface area contributed by atoms with E-state index in [1.54, 1.807) is 0 Å². The summed E-state index contributed by atoms with van der Waals surface area (Å²) in [4.78, 5) is 13.9. The van der Waals surface area contributed by atoms with E-state index in [2.05, 4.69) is 69.6 Å². The van der Waals surface area contributed by atoms with Crippen LogP contribution < -0.4 is 5.32 Å². The molecule has 2 aromatic heterocycles. The van der Waals surface area contributed by atoms with Gasteiger partial charge in [-0.1, -0.05) is 24.3 Å². The number of nitrogens with zero attached hydrogens (tertiary/aromatic N) is 3. The molecule has 5 aliphatic rings. The summed E-state index contributed by atoms with van der Waals surface area (Å²) in [6.45, 7) is 5.91. The lowest BCUT2D eigenvalue weighted by Crippen LogP contribution is -2.71. The first kappa shape index (κ1) is 21.8. The van der Waals surface area contributed by atoms with E-state index in [9.17, 15) is 4.39 Å². The van der Waals surface area contributed by atoms with Crippen LogP contribution in [0.3, 0.4) is 0 Å². The summed E-state index contributed by atoms with van der Waals surface area (Å²) in [5, 5.41) is 4.86. The highest BCUT2D eigenvalue weighted by Gasteiger charge is 2.63. The van der Waals surface area contributed by atoms with Gasteiger partial charge in [-0.2, -0.15) is 0 Å². The number of nitrogens with one attached hydrogen (secondary N) is 2. The number of alkyl halides is 1. The Labute approximate surface area is 207 Å². The number of fused-ring (bicyclic) bond motifs is 3. The topological polar surface area (TPSA) is 47.2 Å². The monoisotopic (exact) mass is 473 g/mol. The van der Waals surface area contributed by atoms with E-state index < -0.39 is 0 Å². The summed E-state index contributed by atoms with van der Waals surface area (Å²) in [5.74, 6) is 2.10. The molecule has 1 unspecified atom stereocenters. The molecule has 2 aliphatic heterocycles. The number of anilines is 1. The molecule has 8 rings (SSSR count). The highest BCUT2D eigenvalue weighted by Crippen LogP contribution is 2.64. The standard InChI is InChI=1S/C29H36FN5/c1-19-12-24-23-4-2-3-5-25(23)33-27(24)28(35(19)29-13-21(14-29)15-29)22-6-7-26(32-17-22)31-9-11-34-10-8-20(16-30)18-34/h2-7,17,19-21,28,33H,8-16,18H2,1H3,(H,31,32)/t19-,20?,21?,28-,29?/m1/s1. The number of aromatic amines is 1. The molecular formula is C29H36FN5. The van der Waals surface area contributed by atoms with Crippen LogP contribution in [0.25, 0.3) is 10.9 Å². The maximum Gasteiger partial charge on any atom is 0.125 e. The number of benzene rings is 1. The number of aromatic nitrogens is 2. The Bertz CT molecular complexity index is 1200. The van der Waals surface area contributed by atoms with Gasteiger partial charge in [-0.25, -0.2) is 4.98 Å². The molecule has 2 bridgehead atoms. The molecule has 3 aromatic rings. The first-order valence-corrected chi connectivity index (χ1v) is 13.5. The molecule has 0 spiro atoms. The number of hydrogen-bond donors (Lipinski definition) is 2. The Balaban J connectivity index is 1.14. The second kappa shape index (κ2) is 8.31. The van der Waals surface area contributed by atoms with E-state index in [1.165, 1.54) is 47.0 Å². The SMILES string of the molecule is C[C@@H]1Cc2c([nH]c3ccccc23)[C@@H](c2ccc(NCCN3CCC(CF)C3)nc2)N1C12CC(C1)C2. The Morgan fingerprint density at radius 2 is 2.03 bits per heavy atom. The lowest BCUT2D eigenvalue weighted by Gasteiger charge is -2.70. The third-order valence-electron chi connectivity index (χ3n) is 9.35. The maximum atomic E-state index is 12.9. The van der Waals surface area contributed by atoms with Crippen LogP contribution in [0.4, 0.5) is 10.2 Å². The minimum absolute atomic E-state index is 0.191. The van der Waals surface area contributed by atoms with Crippen molar-refractivity contribution in [2.24, 2.45) is 11.8 Å². The van der Waals surface area contributed by atoms with Crippen molar-refractivity contribution in [2.75, 3.05) is 38.2 Å². The average molecular weight is 474 g/mol. The van der Waals surface area contributed by atoms with E-state index in [0.717, 1.165) is 50.8 Å². The Morgan fingerprint density at radius 1 is 1.17 bits per heavy atom. The van der Waals surface area contributed by atoms with Crippen molar-refractivity contribution in [3.05, 3.63) is 59.4 Å². The fraction of sp³-hybridized carbons (Fsp3) is 0.552. The largest absolute Gasteiger partial charge is 0.369 e. The second-order valence-corrected chi connectivity index (χ2v) is 11.6. The number of rotatable bonds is 7. The van der Waals surface area contributed by atoms with Gasteiger partial charge in [0.05, 0.1) is 12.7 Å². The first-order chi connectivity index (χ1) is 17.1. The zero-order valence-corrected chi connectivity index (χ0v) is 20.6. The maximum absolute atomic E-state index is 12.9. The van der Waals surface area contributed by atoms with Crippen LogP contribution in [0.15, 0.2) is 42.6 Å². The van der Waals surface area contributed by atoms with E-state index in [-0.39, 0.29) is 18.6 Å². The van der Waals surface area contributed by atoms with E-state index in [4.69, 9.17) is 4.98 Å². The molecule has 6 heteroatoms. The highest BCUT2D eigenvalue weighted by molar-refractivity contribution is 5.85. The van der Waals surface area contributed by atoms with E-state index in [0.29, 0.717) is 11.6 Å². The van der Waals surface area contributed by atoms with E-state index >= 15 is 0 Å². The van der Waals surface area contributed by atoms with Gasteiger partial charge in [-0.05, 0) is 74.8 Å². The second-order valence-electron chi connectivity index (χ2n) is 11.6. The average Bonchev–Trinajstić information content (AvgIpc) is 3.42. The summed E-state index contributed by atoms with van der Waals surface area (Å²) < 4.78 is 12.9. The Hall–Kier alpha value is -2.44. The van der Waals surface area contributed by atoms with Crippen LogP contribution in [-0.4, -0.2) is 64.2 Å². The molecule has 3 atom stereocenters. The minimum atomic E-state index is -0.191. The van der Waals surface area contributed by atoms with Crippen molar-refractivity contribution in [1.29, 1.82) is 0 Å². The zero-order valence-electron chi connectivity index (χ0n) is 20.6. The lowest BCUT2D eigenvalue weighted by molar-refractivity contribution is -0.174.